The van der Waals surface area contributed by atoms with Crippen LogP contribution in [-0.2, 0) is 13.1 Å². The summed E-state index contributed by atoms with van der Waals surface area (Å²) in [7, 11) is 0. The summed E-state index contributed by atoms with van der Waals surface area (Å²) < 4.78 is 5.65. The lowest BCUT2D eigenvalue weighted by atomic mass is 10.1. The lowest BCUT2D eigenvalue weighted by molar-refractivity contribution is 0.237. The average molecular weight is 278 g/mol. The Labute approximate surface area is 123 Å². The van der Waals surface area contributed by atoms with Crippen LogP contribution in [0.25, 0.3) is 0 Å². The van der Waals surface area contributed by atoms with E-state index in [4.69, 9.17) is 4.42 Å². The first kappa shape index (κ1) is 15.6. The Morgan fingerprint density at radius 3 is 2.85 bits per heavy atom. The van der Waals surface area contributed by atoms with Crippen LogP contribution in [0, 0.1) is 5.92 Å². The van der Waals surface area contributed by atoms with E-state index in [1.54, 1.807) is 0 Å². The van der Waals surface area contributed by atoms with Crippen LogP contribution in [0.1, 0.15) is 57.8 Å². The summed E-state index contributed by atoms with van der Waals surface area (Å²) in [6, 6.07) is 2.97. The Hall–Kier alpha value is -0.800. The van der Waals surface area contributed by atoms with Crippen LogP contribution in [0.3, 0.4) is 0 Å². The topological polar surface area (TPSA) is 28.4 Å². The molecule has 1 aliphatic rings. The van der Waals surface area contributed by atoms with Gasteiger partial charge >= 0.3 is 0 Å². The van der Waals surface area contributed by atoms with E-state index in [0.717, 1.165) is 37.4 Å². The molecule has 0 spiro atoms. The fourth-order valence-electron chi connectivity index (χ4n) is 2.51. The molecule has 1 aliphatic carbocycles. The zero-order chi connectivity index (χ0) is 14.4. The Morgan fingerprint density at radius 1 is 1.40 bits per heavy atom. The van der Waals surface area contributed by atoms with Crippen LogP contribution in [0.5, 0.6) is 0 Å². The van der Waals surface area contributed by atoms with Gasteiger partial charge in [-0.25, -0.2) is 0 Å². The van der Waals surface area contributed by atoms with E-state index in [1.807, 2.05) is 6.26 Å². The third kappa shape index (κ3) is 4.95. The normalized spacial score (nSPS) is 15.4. The Balaban J connectivity index is 1.87. The number of furan rings is 1. The molecule has 0 aromatic carbocycles. The van der Waals surface area contributed by atoms with Crippen LogP contribution in [0.2, 0.25) is 0 Å². The second-order valence-electron chi connectivity index (χ2n) is 6.43. The van der Waals surface area contributed by atoms with Crippen molar-refractivity contribution in [3.8, 4) is 0 Å². The molecule has 1 heterocycles. The quantitative estimate of drug-likeness (QED) is 0.660. The maximum Gasteiger partial charge on any atom is 0.122 e. The van der Waals surface area contributed by atoms with Crippen LogP contribution in [0.15, 0.2) is 16.7 Å². The molecule has 0 atom stereocenters. The SMILES string of the molecule is CCCNCc1occc1CN(CCC(C)C)C1CC1. The summed E-state index contributed by atoms with van der Waals surface area (Å²) in [6.45, 7) is 11.0. The predicted octanol–water partition coefficient (Wildman–Crippen LogP) is 3.79. The van der Waals surface area contributed by atoms with E-state index in [9.17, 15) is 0 Å². The number of hydrogen-bond acceptors (Lipinski definition) is 3. The molecule has 0 aliphatic heterocycles. The highest BCUT2D eigenvalue weighted by molar-refractivity contribution is 5.17. The van der Waals surface area contributed by atoms with Crippen molar-refractivity contribution in [2.75, 3.05) is 13.1 Å². The Kier molecular flexibility index (Phi) is 6.11. The molecule has 3 heteroatoms. The fraction of sp³-hybridized carbons (Fsp3) is 0.765. The number of hydrogen-bond donors (Lipinski definition) is 1. The van der Waals surface area contributed by atoms with Gasteiger partial charge in [-0.1, -0.05) is 20.8 Å². The first-order valence-electron chi connectivity index (χ1n) is 8.20. The minimum Gasteiger partial charge on any atom is -0.468 e. The number of rotatable bonds is 10. The highest BCUT2D eigenvalue weighted by atomic mass is 16.3. The molecular formula is C17H30N2O. The van der Waals surface area contributed by atoms with Crippen molar-refractivity contribution in [2.24, 2.45) is 5.92 Å². The fourth-order valence-corrected chi connectivity index (χ4v) is 2.51. The lowest BCUT2D eigenvalue weighted by Crippen LogP contribution is -2.28. The molecule has 0 saturated heterocycles. The molecule has 1 aromatic rings. The minimum absolute atomic E-state index is 0.784. The molecule has 0 amide bonds. The first-order chi connectivity index (χ1) is 9.70. The van der Waals surface area contributed by atoms with Gasteiger partial charge in [-0.3, -0.25) is 4.90 Å². The van der Waals surface area contributed by atoms with Crippen LogP contribution in [-0.4, -0.2) is 24.0 Å². The molecule has 1 aromatic heterocycles. The molecule has 0 radical (unpaired) electrons. The van der Waals surface area contributed by atoms with E-state index < -0.39 is 0 Å². The highest BCUT2D eigenvalue weighted by Gasteiger charge is 2.29. The van der Waals surface area contributed by atoms with Crippen molar-refractivity contribution in [1.29, 1.82) is 0 Å². The van der Waals surface area contributed by atoms with E-state index in [0.29, 0.717) is 0 Å². The van der Waals surface area contributed by atoms with E-state index in [1.165, 1.54) is 37.8 Å². The second kappa shape index (κ2) is 7.84. The molecule has 1 N–H and O–H groups in total. The van der Waals surface area contributed by atoms with E-state index in [-0.39, 0.29) is 0 Å². The smallest absolute Gasteiger partial charge is 0.122 e. The van der Waals surface area contributed by atoms with Crippen molar-refractivity contribution in [2.45, 2.75) is 65.6 Å². The van der Waals surface area contributed by atoms with Crippen molar-refractivity contribution in [3.63, 3.8) is 0 Å². The van der Waals surface area contributed by atoms with Crippen molar-refractivity contribution < 1.29 is 4.42 Å². The molecular weight excluding hydrogens is 248 g/mol. The Bertz CT molecular complexity index is 382. The zero-order valence-electron chi connectivity index (χ0n) is 13.3. The monoisotopic (exact) mass is 278 g/mol. The summed E-state index contributed by atoms with van der Waals surface area (Å²) in [6.07, 6.45) is 7.04. The molecule has 0 bridgehead atoms. The molecule has 3 nitrogen and oxygen atoms in total. The van der Waals surface area contributed by atoms with Crippen molar-refractivity contribution >= 4 is 0 Å². The van der Waals surface area contributed by atoms with Gasteiger partial charge in [0.05, 0.1) is 12.8 Å². The van der Waals surface area contributed by atoms with Crippen LogP contribution in [0.4, 0.5) is 0 Å². The molecule has 0 unspecified atom stereocenters. The van der Waals surface area contributed by atoms with Crippen molar-refractivity contribution in [3.05, 3.63) is 23.7 Å². The van der Waals surface area contributed by atoms with Gasteiger partial charge in [0.2, 0.25) is 0 Å². The molecule has 1 fully saturated rings. The van der Waals surface area contributed by atoms with Gasteiger partial charge in [0, 0.05) is 18.2 Å². The summed E-state index contributed by atoms with van der Waals surface area (Å²) in [4.78, 5) is 2.65. The largest absolute Gasteiger partial charge is 0.468 e. The van der Waals surface area contributed by atoms with Gasteiger partial charge in [0.25, 0.3) is 0 Å². The maximum absolute atomic E-state index is 5.65. The summed E-state index contributed by atoms with van der Waals surface area (Å²) in [5, 5.41) is 3.43. The van der Waals surface area contributed by atoms with E-state index in [2.05, 4.69) is 37.1 Å². The third-order valence-corrected chi connectivity index (χ3v) is 3.98. The third-order valence-electron chi connectivity index (χ3n) is 3.98. The van der Waals surface area contributed by atoms with Gasteiger partial charge < -0.3 is 9.73 Å². The van der Waals surface area contributed by atoms with Crippen LogP contribution < -0.4 is 5.32 Å². The number of nitrogens with one attached hydrogen (secondary N) is 1. The minimum atomic E-state index is 0.784. The molecule has 114 valence electrons. The zero-order valence-corrected chi connectivity index (χ0v) is 13.3. The Morgan fingerprint density at radius 2 is 2.20 bits per heavy atom. The standard InChI is InChI=1S/C17H30N2O/c1-4-9-18-12-17-15(8-11-20-17)13-19(16-5-6-16)10-7-14(2)3/h8,11,14,16,18H,4-7,9-10,12-13H2,1-3H3. The predicted molar refractivity (Wildman–Crippen MR) is 83.6 cm³/mol. The summed E-state index contributed by atoms with van der Waals surface area (Å²) in [5.74, 6) is 1.90. The van der Waals surface area contributed by atoms with Crippen molar-refractivity contribution in [1.82, 2.24) is 10.2 Å². The summed E-state index contributed by atoms with van der Waals surface area (Å²) in [5.41, 5.74) is 1.37. The first-order valence-corrected chi connectivity index (χ1v) is 8.20. The van der Waals surface area contributed by atoms with Gasteiger partial charge in [0.1, 0.15) is 5.76 Å². The lowest BCUT2D eigenvalue weighted by Gasteiger charge is -2.23. The highest BCUT2D eigenvalue weighted by Crippen LogP contribution is 2.29. The molecule has 20 heavy (non-hydrogen) atoms. The van der Waals surface area contributed by atoms with E-state index >= 15 is 0 Å². The second-order valence-corrected chi connectivity index (χ2v) is 6.43. The van der Waals surface area contributed by atoms with Gasteiger partial charge in [-0.2, -0.15) is 0 Å². The van der Waals surface area contributed by atoms with Crippen LogP contribution >= 0.6 is 0 Å². The molecule has 1 saturated carbocycles. The average Bonchev–Trinajstić information content (AvgIpc) is 3.17. The molecule has 2 rings (SSSR count). The van der Waals surface area contributed by atoms with Gasteiger partial charge in [-0.15, -0.1) is 0 Å². The number of nitrogens with zero attached hydrogens (tertiary/aromatic N) is 1. The maximum atomic E-state index is 5.65. The van der Waals surface area contributed by atoms with Gasteiger partial charge in [-0.05, 0) is 50.8 Å². The van der Waals surface area contributed by atoms with Gasteiger partial charge in [0.15, 0.2) is 0 Å². The summed E-state index contributed by atoms with van der Waals surface area (Å²) >= 11 is 0.